The van der Waals surface area contributed by atoms with Crippen molar-refractivity contribution < 1.29 is 0 Å². The molecule has 0 aliphatic rings. The summed E-state index contributed by atoms with van der Waals surface area (Å²) in [5.41, 5.74) is 8.60. The minimum atomic E-state index is 0.285. The molecular weight excluding hydrogens is 208 g/mol. The van der Waals surface area contributed by atoms with Crippen LogP contribution in [0.3, 0.4) is 0 Å². The van der Waals surface area contributed by atoms with Crippen LogP contribution in [-0.2, 0) is 6.42 Å². The van der Waals surface area contributed by atoms with E-state index in [9.17, 15) is 0 Å². The standard InChI is InChI=1S/C15H26N2/c1-5-14(16)11-13-7-9-15(10-8-13)17(6-2)12(3)4/h7-10,12,14H,5-6,11,16H2,1-4H3. The van der Waals surface area contributed by atoms with Gasteiger partial charge < -0.3 is 10.6 Å². The minimum Gasteiger partial charge on any atom is -0.369 e. The molecule has 1 aromatic carbocycles. The first-order valence-electron chi connectivity index (χ1n) is 6.69. The molecule has 2 nitrogen and oxygen atoms in total. The molecule has 0 aliphatic carbocycles. The number of nitrogens with two attached hydrogens (primary N) is 1. The first-order chi connectivity index (χ1) is 8.08. The Hall–Kier alpha value is -1.02. The third-order valence-electron chi connectivity index (χ3n) is 3.25. The lowest BCUT2D eigenvalue weighted by Gasteiger charge is -2.27. The Labute approximate surface area is 106 Å². The lowest BCUT2D eigenvalue weighted by atomic mass is 10.0. The van der Waals surface area contributed by atoms with Crippen LogP contribution in [0.25, 0.3) is 0 Å². The largest absolute Gasteiger partial charge is 0.369 e. The van der Waals surface area contributed by atoms with Crippen molar-refractivity contribution in [1.82, 2.24) is 0 Å². The van der Waals surface area contributed by atoms with E-state index in [1.54, 1.807) is 0 Å². The van der Waals surface area contributed by atoms with E-state index in [4.69, 9.17) is 5.73 Å². The number of nitrogens with zero attached hydrogens (tertiary/aromatic N) is 1. The summed E-state index contributed by atoms with van der Waals surface area (Å²) >= 11 is 0. The summed E-state index contributed by atoms with van der Waals surface area (Å²) < 4.78 is 0. The Morgan fingerprint density at radius 1 is 1.12 bits per heavy atom. The first-order valence-corrected chi connectivity index (χ1v) is 6.69. The molecule has 1 unspecified atom stereocenters. The maximum atomic E-state index is 5.97. The molecule has 0 bridgehead atoms. The highest BCUT2D eigenvalue weighted by molar-refractivity contribution is 5.48. The Morgan fingerprint density at radius 2 is 1.71 bits per heavy atom. The van der Waals surface area contributed by atoms with E-state index < -0.39 is 0 Å². The number of benzene rings is 1. The first kappa shape index (κ1) is 14.0. The third-order valence-corrected chi connectivity index (χ3v) is 3.25. The molecule has 0 heterocycles. The van der Waals surface area contributed by atoms with Crippen LogP contribution >= 0.6 is 0 Å². The van der Waals surface area contributed by atoms with Gasteiger partial charge in [0.15, 0.2) is 0 Å². The van der Waals surface area contributed by atoms with Gasteiger partial charge in [0.2, 0.25) is 0 Å². The van der Waals surface area contributed by atoms with E-state index >= 15 is 0 Å². The molecule has 0 aliphatic heterocycles. The topological polar surface area (TPSA) is 29.3 Å². The zero-order chi connectivity index (χ0) is 12.8. The van der Waals surface area contributed by atoms with Gasteiger partial charge in [-0.1, -0.05) is 19.1 Å². The highest BCUT2D eigenvalue weighted by Crippen LogP contribution is 2.18. The van der Waals surface area contributed by atoms with Gasteiger partial charge in [-0.3, -0.25) is 0 Å². The van der Waals surface area contributed by atoms with Crippen molar-refractivity contribution in [3.63, 3.8) is 0 Å². The highest BCUT2D eigenvalue weighted by atomic mass is 15.1. The van der Waals surface area contributed by atoms with Crippen molar-refractivity contribution in [3.8, 4) is 0 Å². The second kappa shape index (κ2) is 6.65. The fourth-order valence-electron chi connectivity index (χ4n) is 2.12. The molecule has 96 valence electrons. The molecule has 0 spiro atoms. The smallest absolute Gasteiger partial charge is 0.0368 e. The van der Waals surface area contributed by atoms with Crippen LogP contribution in [0.15, 0.2) is 24.3 Å². The van der Waals surface area contributed by atoms with Gasteiger partial charge in [0.1, 0.15) is 0 Å². The van der Waals surface area contributed by atoms with Gasteiger partial charge in [0.05, 0.1) is 0 Å². The number of hydrogen-bond acceptors (Lipinski definition) is 2. The van der Waals surface area contributed by atoms with Crippen molar-refractivity contribution in [2.75, 3.05) is 11.4 Å². The Bertz CT molecular complexity index is 316. The molecule has 1 rings (SSSR count). The maximum absolute atomic E-state index is 5.97. The van der Waals surface area contributed by atoms with Gasteiger partial charge >= 0.3 is 0 Å². The van der Waals surface area contributed by atoms with Crippen molar-refractivity contribution in [2.45, 2.75) is 52.6 Å². The summed E-state index contributed by atoms with van der Waals surface area (Å²) in [5.74, 6) is 0. The van der Waals surface area contributed by atoms with Gasteiger partial charge in [0.25, 0.3) is 0 Å². The zero-order valence-corrected chi connectivity index (χ0v) is 11.6. The zero-order valence-electron chi connectivity index (χ0n) is 11.6. The van der Waals surface area contributed by atoms with Crippen LogP contribution in [0, 0.1) is 0 Å². The molecule has 2 heteroatoms. The molecule has 2 N–H and O–H groups in total. The van der Waals surface area contributed by atoms with Crippen molar-refractivity contribution in [2.24, 2.45) is 5.73 Å². The van der Waals surface area contributed by atoms with Crippen LogP contribution in [-0.4, -0.2) is 18.6 Å². The molecule has 0 fully saturated rings. The molecule has 0 saturated carbocycles. The molecule has 0 radical (unpaired) electrons. The van der Waals surface area contributed by atoms with Gasteiger partial charge in [-0.25, -0.2) is 0 Å². The maximum Gasteiger partial charge on any atom is 0.0368 e. The van der Waals surface area contributed by atoms with Crippen LogP contribution in [0.1, 0.15) is 39.7 Å². The molecule has 1 aromatic rings. The number of hydrogen-bond donors (Lipinski definition) is 1. The number of rotatable bonds is 6. The van der Waals surface area contributed by atoms with E-state index in [0.29, 0.717) is 6.04 Å². The molecule has 0 saturated heterocycles. The van der Waals surface area contributed by atoms with Crippen molar-refractivity contribution >= 4 is 5.69 Å². The van der Waals surface area contributed by atoms with Gasteiger partial charge in [0, 0.05) is 24.3 Å². The average molecular weight is 234 g/mol. The summed E-state index contributed by atoms with van der Waals surface area (Å²) in [5, 5.41) is 0. The van der Waals surface area contributed by atoms with E-state index in [1.165, 1.54) is 11.3 Å². The lowest BCUT2D eigenvalue weighted by molar-refractivity contribution is 0.646. The fraction of sp³-hybridized carbons (Fsp3) is 0.600. The summed E-state index contributed by atoms with van der Waals surface area (Å²) in [6.07, 6.45) is 2.01. The molecule has 1 atom stereocenters. The predicted molar refractivity (Wildman–Crippen MR) is 76.6 cm³/mol. The minimum absolute atomic E-state index is 0.285. The van der Waals surface area contributed by atoms with Gasteiger partial charge in [-0.2, -0.15) is 0 Å². The second-order valence-corrected chi connectivity index (χ2v) is 4.92. The quantitative estimate of drug-likeness (QED) is 0.819. The highest BCUT2D eigenvalue weighted by Gasteiger charge is 2.08. The molecule has 0 aromatic heterocycles. The summed E-state index contributed by atoms with van der Waals surface area (Å²) in [6.45, 7) is 9.83. The van der Waals surface area contributed by atoms with E-state index in [0.717, 1.165) is 19.4 Å². The number of anilines is 1. The predicted octanol–water partition coefficient (Wildman–Crippen LogP) is 3.20. The van der Waals surface area contributed by atoms with E-state index in [-0.39, 0.29) is 6.04 Å². The summed E-state index contributed by atoms with van der Waals surface area (Å²) in [4.78, 5) is 2.39. The van der Waals surface area contributed by atoms with E-state index in [2.05, 4.69) is 56.9 Å². The van der Waals surface area contributed by atoms with Crippen molar-refractivity contribution in [3.05, 3.63) is 29.8 Å². The monoisotopic (exact) mass is 234 g/mol. The Morgan fingerprint density at radius 3 is 2.12 bits per heavy atom. The van der Waals surface area contributed by atoms with Crippen LogP contribution in [0.5, 0.6) is 0 Å². The van der Waals surface area contributed by atoms with E-state index in [1.807, 2.05) is 0 Å². The van der Waals surface area contributed by atoms with Crippen LogP contribution in [0.2, 0.25) is 0 Å². The van der Waals surface area contributed by atoms with Gasteiger partial charge in [-0.15, -0.1) is 0 Å². The normalized spacial score (nSPS) is 12.8. The Balaban J connectivity index is 2.73. The molecule has 0 amide bonds. The van der Waals surface area contributed by atoms with Crippen molar-refractivity contribution in [1.29, 1.82) is 0 Å². The second-order valence-electron chi connectivity index (χ2n) is 4.92. The van der Waals surface area contributed by atoms with Gasteiger partial charge in [-0.05, 0) is 51.3 Å². The SMILES string of the molecule is CCC(N)Cc1ccc(N(CC)C(C)C)cc1. The lowest BCUT2D eigenvalue weighted by Crippen LogP contribution is -2.30. The van der Waals surface area contributed by atoms with Crippen LogP contribution < -0.4 is 10.6 Å². The average Bonchev–Trinajstić information content (AvgIpc) is 2.31. The summed E-state index contributed by atoms with van der Waals surface area (Å²) in [7, 11) is 0. The fourth-order valence-corrected chi connectivity index (χ4v) is 2.12. The summed E-state index contributed by atoms with van der Waals surface area (Å²) in [6, 6.07) is 9.66. The third kappa shape index (κ3) is 4.04. The molecular formula is C15H26N2. The molecule has 17 heavy (non-hydrogen) atoms. The van der Waals surface area contributed by atoms with Crippen LogP contribution in [0.4, 0.5) is 5.69 Å². The Kier molecular flexibility index (Phi) is 5.49.